The molecule has 2 unspecified atom stereocenters. The fraction of sp³-hybridized carbons (Fsp3) is 0.412. The SMILES string of the molecule is CCc1occc1C(N)c1ccc2c(c1)OCC(C)CO2. The standard InChI is InChI=1S/C17H21NO3/c1-3-14-13(6-7-19-14)17(18)12-4-5-15-16(8-12)21-10-11(2)9-20-15/h4-8,11,17H,3,9-10,18H2,1-2H3. The Morgan fingerprint density at radius 1 is 1.19 bits per heavy atom. The molecule has 112 valence electrons. The summed E-state index contributed by atoms with van der Waals surface area (Å²) in [7, 11) is 0. The number of hydrogen-bond donors (Lipinski definition) is 1. The molecule has 0 fully saturated rings. The van der Waals surface area contributed by atoms with E-state index in [1.54, 1.807) is 6.26 Å². The van der Waals surface area contributed by atoms with Crippen LogP contribution in [0.15, 0.2) is 34.9 Å². The molecule has 4 nitrogen and oxygen atoms in total. The first kappa shape index (κ1) is 14.0. The lowest BCUT2D eigenvalue weighted by molar-refractivity contribution is 0.228. The Bertz CT molecular complexity index is 620. The molecule has 2 atom stereocenters. The summed E-state index contributed by atoms with van der Waals surface area (Å²) in [5.74, 6) is 2.88. The van der Waals surface area contributed by atoms with Crippen LogP contribution in [0.3, 0.4) is 0 Å². The normalized spacial score (nSPS) is 19.1. The smallest absolute Gasteiger partial charge is 0.161 e. The number of rotatable bonds is 3. The molecule has 1 aliphatic rings. The first-order chi connectivity index (χ1) is 10.2. The maximum atomic E-state index is 6.38. The number of fused-ring (bicyclic) bond motifs is 1. The molecule has 2 N–H and O–H groups in total. The van der Waals surface area contributed by atoms with Crippen LogP contribution in [0.2, 0.25) is 0 Å². The van der Waals surface area contributed by atoms with Crippen molar-refractivity contribution >= 4 is 0 Å². The van der Waals surface area contributed by atoms with E-state index in [0.717, 1.165) is 34.8 Å². The summed E-state index contributed by atoms with van der Waals surface area (Å²) in [6.45, 7) is 5.51. The lowest BCUT2D eigenvalue weighted by Gasteiger charge is -2.15. The van der Waals surface area contributed by atoms with E-state index in [4.69, 9.17) is 19.6 Å². The molecule has 1 aromatic heterocycles. The van der Waals surface area contributed by atoms with Gasteiger partial charge in [-0.2, -0.15) is 0 Å². The molecule has 1 aliphatic heterocycles. The fourth-order valence-electron chi connectivity index (χ4n) is 2.56. The Hall–Kier alpha value is -1.94. The number of nitrogens with two attached hydrogens (primary N) is 1. The Morgan fingerprint density at radius 2 is 1.95 bits per heavy atom. The molecule has 0 bridgehead atoms. The third-order valence-electron chi connectivity index (χ3n) is 3.81. The van der Waals surface area contributed by atoms with Gasteiger partial charge in [-0.15, -0.1) is 0 Å². The van der Waals surface area contributed by atoms with Gasteiger partial charge in [0.15, 0.2) is 11.5 Å². The zero-order valence-electron chi connectivity index (χ0n) is 12.5. The molecular formula is C17H21NO3. The van der Waals surface area contributed by atoms with Gasteiger partial charge in [0, 0.05) is 17.9 Å². The summed E-state index contributed by atoms with van der Waals surface area (Å²) >= 11 is 0. The first-order valence-corrected chi connectivity index (χ1v) is 7.40. The van der Waals surface area contributed by atoms with Crippen LogP contribution in [0, 0.1) is 5.92 Å². The van der Waals surface area contributed by atoms with Crippen molar-refractivity contribution in [3.63, 3.8) is 0 Å². The minimum atomic E-state index is -0.215. The highest BCUT2D eigenvalue weighted by Crippen LogP contribution is 2.34. The van der Waals surface area contributed by atoms with Crippen LogP contribution in [0.4, 0.5) is 0 Å². The second kappa shape index (κ2) is 5.82. The van der Waals surface area contributed by atoms with Gasteiger partial charge in [-0.05, 0) is 23.8 Å². The monoisotopic (exact) mass is 287 g/mol. The van der Waals surface area contributed by atoms with Crippen molar-refractivity contribution in [1.82, 2.24) is 0 Å². The Balaban J connectivity index is 1.90. The Morgan fingerprint density at radius 3 is 2.71 bits per heavy atom. The van der Waals surface area contributed by atoms with Crippen molar-refractivity contribution < 1.29 is 13.9 Å². The van der Waals surface area contributed by atoms with Crippen molar-refractivity contribution in [2.75, 3.05) is 13.2 Å². The van der Waals surface area contributed by atoms with Crippen molar-refractivity contribution in [1.29, 1.82) is 0 Å². The summed E-state index contributed by atoms with van der Waals surface area (Å²) in [5.41, 5.74) is 8.41. The summed E-state index contributed by atoms with van der Waals surface area (Å²) < 4.78 is 17.0. The van der Waals surface area contributed by atoms with Gasteiger partial charge >= 0.3 is 0 Å². The second-order valence-electron chi connectivity index (χ2n) is 5.56. The summed E-state index contributed by atoms with van der Waals surface area (Å²) in [6.07, 6.45) is 2.52. The summed E-state index contributed by atoms with van der Waals surface area (Å²) in [4.78, 5) is 0. The van der Waals surface area contributed by atoms with Gasteiger partial charge in [0.05, 0.1) is 25.5 Å². The molecule has 0 radical (unpaired) electrons. The summed E-state index contributed by atoms with van der Waals surface area (Å²) in [6, 6.07) is 7.64. The third kappa shape index (κ3) is 2.76. The first-order valence-electron chi connectivity index (χ1n) is 7.40. The second-order valence-corrected chi connectivity index (χ2v) is 5.56. The molecule has 21 heavy (non-hydrogen) atoms. The molecule has 2 aromatic rings. The number of furan rings is 1. The average molecular weight is 287 g/mol. The molecule has 4 heteroatoms. The van der Waals surface area contributed by atoms with E-state index < -0.39 is 0 Å². The Kier molecular flexibility index (Phi) is 3.88. The number of aryl methyl sites for hydroxylation is 1. The van der Waals surface area contributed by atoms with Gasteiger partial charge in [-0.1, -0.05) is 19.9 Å². The maximum Gasteiger partial charge on any atom is 0.161 e. The fourth-order valence-corrected chi connectivity index (χ4v) is 2.56. The van der Waals surface area contributed by atoms with Crippen LogP contribution in [-0.2, 0) is 6.42 Å². The molecule has 0 amide bonds. The third-order valence-corrected chi connectivity index (χ3v) is 3.81. The van der Waals surface area contributed by atoms with E-state index in [0.29, 0.717) is 19.1 Å². The minimum absolute atomic E-state index is 0.215. The van der Waals surface area contributed by atoms with Gasteiger partial charge in [0.2, 0.25) is 0 Å². The largest absolute Gasteiger partial charge is 0.489 e. The molecule has 0 saturated carbocycles. The van der Waals surface area contributed by atoms with Crippen LogP contribution in [0.5, 0.6) is 11.5 Å². The average Bonchev–Trinajstić information content (AvgIpc) is 2.91. The predicted octanol–water partition coefficient (Wildman–Crippen LogP) is 3.30. The molecule has 0 aliphatic carbocycles. The minimum Gasteiger partial charge on any atom is -0.489 e. The predicted molar refractivity (Wildman–Crippen MR) is 80.7 cm³/mol. The summed E-state index contributed by atoms with van der Waals surface area (Å²) in [5, 5.41) is 0. The van der Waals surface area contributed by atoms with E-state index in [9.17, 15) is 0 Å². The molecule has 3 rings (SSSR count). The van der Waals surface area contributed by atoms with E-state index in [2.05, 4.69) is 13.8 Å². The molecule has 0 saturated heterocycles. The number of benzene rings is 1. The topological polar surface area (TPSA) is 57.6 Å². The maximum absolute atomic E-state index is 6.38. The molecule has 0 spiro atoms. The quantitative estimate of drug-likeness (QED) is 0.941. The van der Waals surface area contributed by atoms with E-state index in [1.807, 2.05) is 24.3 Å². The van der Waals surface area contributed by atoms with Crippen molar-refractivity contribution in [2.45, 2.75) is 26.3 Å². The van der Waals surface area contributed by atoms with E-state index in [1.165, 1.54) is 0 Å². The van der Waals surface area contributed by atoms with Gasteiger partial charge in [-0.25, -0.2) is 0 Å². The highest BCUT2D eigenvalue weighted by Gasteiger charge is 2.19. The van der Waals surface area contributed by atoms with Crippen LogP contribution >= 0.6 is 0 Å². The lowest BCUT2D eigenvalue weighted by atomic mass is 9.99. The highest BCUT2D eigenvalue weighted by atomic mass is 16.5. The van der Waals surface area contributed by atoms with Gasteiger partial charge < -0.3 is 19.6 Å². The van der Waals surface area contributed by atoms with E-state index in [-0.39, 0.29) is 6.04 Å². The number of ether oxygens (including phenoxy) is 2. The highest BCUT2D eigenvalue weighted by molar-refractivity contribution is 5.46. The van der Waals surface area contributed by atoms with Crippen molar-refractivity contribution in [3.05, 3.63) is 47.4 Å². The van der Waals surface area contributed by atoms with Gasteiger partial charge in [-0.3, -0.25) is 0 Å². The molecule has 2 heterocycles. The molecular weight excluding hydrogens is 266 g/mol. The lowest BCUT2D eigenvalue weighted by Crippen LogP contribution is -2.13. The van der Waals surface area contributed by atoms with Crippen LogP contribution < -0.4 is 15.2 Å². The number of hydrogen-bond acceptors (Lipinski definition) is 4. The Labute approximate surface area is 124 Å². The van der Waals surface area contributed by atoms with Gasteiger partial charge in [0.25, 0.3) is 0 Å². The molecule has 1 aromatic carbocycles. The van der Waals surface area contributed by atoms with E-state index >= 15 is 0 Å². The zero-order chi connectivity index (χ0) is 14.8. The van der Waals surface area contributed by atoms with Crippen molar-refractivity contribution in [2.24, 2.45) is 11.7 Å². The zero-order valence-corrected chi connectivity index (χ0v) is 12.5. The van der Waals surface area contributed by atoms with Crippen LogP contribution in [0.25, 0.3) is 0 Å². The van der Waals surface area contributed by atoms with Gasteiger partial charge in [0.1, 0.15) is 5.76 Å². The van der Waals surface area contributed by atoms with Crippen LogP contribution in [0.1, 0.15) is 36.8 Å². The van der Waals surface area contributed by atoms with Crippen LogP contribution in [-0.4, -0.2) is 13.2 Å². The van der Waals surface area contributed by atoms with Crippen molar-refractivity contribution in [3.8, 4) is 11.5 Å².